The van der Waals surface area contributed by atoms with Gasteiger partial charge in [0.15, 0.2) is 5.69 Å². The maximum atomic E-state index is 12.9. The minimum atomic E-state index is -0.403. The average Bonchev–Trinajstić information content (AvgIpc) is 3.10. The topological polar surface area (TPSA) is 67.2 Å². The van der Waals surface area contributed by atoms with E-state index in [9.17, 15) is 9.59 Å². The molecule has 1 saturated carbocycles. The van der Waals surface area contributed by atoms with Gasteiger partial charge in [0.1, 0.15) is 6.04 Å². The fraction of sp³-hybridized carbons (Fsp3) is 0.476. The van der Waals surface area contributed by atoms with Crippen LogP contribution < -0.4 is 5.32 Å². The Balaban J connectivity index is 1.40. The summed E-state index contributed by atoms with van der Waals surface area (Å²) in [4.78, 5) is 27.4. The van der Waals surface area contributed by atoms with Gasteiger partial charge in [0.25, 0.3) is 5.91 Å². The van der Waals surface area contributed by atoms with E-state index in [0.717, 1.165) is 55.6 Å². The molecule has 1 saturated heterocycles. The molecular formula is C21H24N4O2. The number of likely N-dealkylation sites (tertiary alicyclic amines) is 1. The van der Waals surface area contributed by atoms with Crippen molar-refractivity contribution in [2.24, 2.45) is 0 Å². The van der Waals surface area contributed by atoms with Crippen LogP contribution in [0.15, 0.2) is 24.3 Å². The van der Waals surface area contributed by atoms with Crippen molar-refractivity contribution in [3.63, 3.8) is 0 Å². The number of nitrogens with one attached hydrogen (secondary N) is 1. The molecule has 1 aromatic heterocycles. The van der Waals surface area contributed by atoms with Gasteiger partial charge in [-0.25, -0.2) is 4.68 Å². The minimum absolute atomic E-state index is 0.0699. The monoisotopic (exact) mass is 364 g/mol. The number of fused-ring (bicyclic) bond motifs is 1. The van der Waals surface area contributed by atoms with Crippen molar-refractivity contribution in [2.45, 2.75) is 57.5 Å². The van der Waals surface area contributed by atoms with E-state index in [-0.39, 0.29) is 11.8 Å². The van der Waals surface area contributed by atoms with Gasteiger partial charge < -0.3 is 10.2 Å². The Kier molecular flexibility index (Phi) is 3.81. The number of hydrogen-bond donors (Lipinski definition) is 1. The van der Waals surface area contributed by atoms with Crippen LogP contribution in [0, 0.1) is 6.92 Å². The fourth-order valence-corrected chi connectivity index (χ4v) is 4.33. The second-order valence-corrected chi connectivity index (χ2v) is 7.95. The number of carbonyl (C=O) groups excluding carboxylic acids is 2. The normalized spacial score (nSPS) is 21.6. The molecule has 27 heavy (non-hydrogen) atoms. The van der Waals surface area contributed by atoms with Crippen LogP contribution in [0.1, 0.15) is 53.0 Å². The first-order valence-corrected chi connectivity index (χ1v) is 9.91. The zero-order chi connectivity index (χ0) is 18.5. The van der Waals surface area contributed by atoms with E-state index >= 15 is 0 Å². The zero-order valence-corrected chi connectivity index (χ0v) is 15.6. The lowest BCUT2D eigenvalue weighted by molar-refractivity contribution is -0.129. The number of hydrogen-bond acceptors (Lipinski definition) is 3. The Morgan fingerprint density at radius 2 is 1.93 bits per heavy atom. The smallest absolute Gasteiger partial charge is 0.272 e. The first-order chi connectivity index (χ1) is 13.1. The van der Waals surface area contributed by atoms with Crippen molar-refractivity contribution in [2.75, 3.05) is 6.54 Å². The standard InChI is InChI=1S/C21H24N4O2/c1-13-5-7-15(8-6-13)25-18-4-2-3-16(18)19(23-25)20(26)22-17-11-12-24(21(17)27)14-9-10-14/h5-8,14,17H,2-4,9-12H2,1H3,(H,22,26)/t17-/m0/s1. The zero-order valence-electron chi connectivity index (χ0n) is 15.6. The number of aryl methyl sites for hydroxylation is 1. The van der Waals surface area contributed by atoms with Crippen molar-refractivity contribution in [1.82, 2.24) is 20.0 Å². The molecule has 0 bridgehead atoms. The molecule has 1 aromatic carbocycles. The van der Waals surface area contributed by atoms with Gasteiger partial charge in [-0.15, -0.1) is 0 Å². The maximum Gasteiger partial charge on any atom is 0.272 e. The van der Waals surface area contributed by atoms with Gasteiger partial charge in [-0.05, 0) is 57.6 Å². The van der Waals surface area contributed by atoms with Crippen LogP contribution in [-0.4, -0.2) is 45.1 Å². The third kappa shape index (κ3) is 2.83. The summed E-state index contributed by atoms with van der Waals surface area (Å²) in [6.07, 6.45) is 5.74. The van der Waals surface area contributed by atoms with Crippen molar-refractivity contribution < 1.29 is 9.59 Å². The lowest BCUT2D eigenvalue weighted by Crippen LogP contribution is -2.42. The van der Waals surface area contributed by atoms with E-state index < -0.39 is 6.04 Å². The van der Waals surface area contributed by atoms with Crippen LogP contribution in [0.25, 0.3) is 5.69 Å². The Morgan fingerprint density at radius 3 is 2.67 bits per heavy atom. The number of aromatic nitrogens is 2. The predicted molar refractivity (Wildman–Crippen MR) is 101 cm³/mol. The molecule has 2 amide bonds. The van der Waals surface area contributed by atoms with Crippen molar-refractivity contribution in [1.29, 1.82) is 0 Å². The van der Waals surface area contributed by atoms with Crippen LogP contribution >= 0.6 is 0 Å². The summed E-state index contributed by atoms with van der Waals surface area (Å²) in [6.45, 7) is 2.81. The van der Waals surface area contributed by atoms with Gasteiger partial charge in [0, 0.05) is 23.8 Å². The van der Waals surface area contributed by atoms with Crippen LogP contribution in [0.2, 0.25) is 0 Å². The summed E-state index contributed by atoms with van der Waals surface area (Å²) in [7, 11) is 0. The number of benzene rings is 1. The molecule has 6 nitrogen and oxygen atoms in total. The Hall–Kier alpha value is -2.63. The molecule has 2 fully saturated rings. The van der Waals surface area contributed by atoms with E-state index in [1.807, 2.05) is 21.7 Å². The Bertz CT molecular complexity index is 911. The summed E-state index contributed by atoms with van der Waals surface area (Å²) >= 11 is 0. The molecule has 2 aliphatic carbocycles. The highest BCUT2D eigenvalue weighted by Gasteiger charge is 2.41. The maximum absolute atomic E-state index is 12.9. The molecular weight excluding hydrogens is 340 g/mol. The van der Waals surface area contributed by atoms with E-state index in [2.05, 4.69) is 29.5 Å². The molecule has 2 aromatic rings. The minimum Gasteiger partial charge on any atom is -0.339 e. The highest BCUT2D eigenvalue weighted by atomic mass is 16.2. The van der Waals surface area contributed by atoms with E-state index in [1.165, 1.54) is 5.56 Å². The fourth-order valence-electron chi connectivity index (χ4n) is 4.33. The van der Waals surface area contributed by atoms with Crippen LogP contribution in [0.3, 0.4) is 0 Å². The lowest BCUT2D eigenvalue weighted by Gasteiger charge is -2.16. The number of carbonyl (C=O) groups is 2. The van der Waals surface area contributed by atoms with Gasteiger partial charge in [-0.1, -0.05) is 17.7 Å². The predicted octanol–water partition coefficient (Wildman–Crippen LogP) is 2.16. The van der Waals surface area contributed by atoms with Gasteiger partial charge >= 0.3 is 0 Å². The van der Waals surface area contributed by atoms with Gasteiger partial charge in [0.05, 0.1) is 5.69 Å². The molecule has 1 aliphatic heterocycles. The first kappa shape index (κ1) is 16.5. The second-order valence-electron chi connectivity index (χ2n) is 7.95. The molecule has 1 N–H and O–H groups in total. The molecule has 5 rings (SSSR count). The third-order valence-corrected chi connectivity index (χ3v) is 5.96. The molecule has 0 radical (unpaired) electrons. The van der Waals surface area contributed by atoms with Crippen LogP contribution in [0.4, 0.5) is 0 Å². The van der Waals surface area contributed by atoms with Crippen molar-refractivity contribution >= 4 is 11.8 Å². The van der Waals surface area contributed by atoms with Crippen LogP contribution in [0.5, 0.6) is 0 Å². The molecule has 1 atom stereocenters. The highest BCUT2D eigenvalue weighted by Crippen LogP contribution is 2.31. The number of nitrogens with zero attached hydrogens (tertiary/aromatic N) is 3. The Morgan fingerprint density at radius 1 is 1.15 bits per heavy atom. The Labute approximate surface area is 158 Å². The summed E-state index contributed by atoms with van der Waals surface area (Å²) in [6, 6.07) is 8.20. The molecule has 0 unspecified atom stereocenters. The molecule has 3 aliphatic rings. The van der Waals surface area contributed by atoms with Crippen molar-refractivity contribution in [3.8, 4) is 5.69 Å². The van der Waals surface area contributed by atoms with Gasteiger partial charge in [-0.3, -0.25) is 9.59 Å². The third-order valence-electron chi connectivity index (χ3n) is 5.96. The van der Waals surface area contributed by atoms with E-state index in [4.69, 9.17) is 0 Å². The quantitative estimate of drug-likeness (QED) is 0.904. The molecule has 6 heteroatoms. The molecule has 140 valence electrons. The summed E-state index contributed by atoms with van der Waals surface area (Å²) < 4.78 is 1.91. The van der Waals surface area contributed by atoms with E-state index in [1.54, 1.807) is 0 Å². The lowest BCUT2D eigenvalue weighted by atomic mass is 10.1. The van der Waals surface area contributed by atoms with Crippen molar-refractivity contribution in [3.05, 3.63) is 46.8 Å². The number of amides is 2. The highest BCUT2D eigenvalue weighted by molar-refractivity contribution is 5.98. The first-order valence-electron chi connectivity index (χ1n) is 9.91. The number of rotatable bonds is 4. The summed E-state index contributed by atoms with van der Waals surface area (Å²) in [5, 5.41) is 7.60. The SMILES string of the molecule is Cc1ccc(-n2nc(C(=O)N[C@H]3CCN(C4CC4)C3=O)c3c2CCC3)cc1. The second kappa shape index (κ2) is 6.22. The van der Waals surface area contributed by atoms with Crippen LogP contribution in [-0.2, 0) is 17.6 Å². The molecule has 0 spiro atoms. The van der Waals surface area contributed by atoms with E-state index in [0.29, 0.717) is 18.2 Å². The molecule has 2 heterocycles. The van der Waals surface area contributed by atoms with Gasteiger partial charge in [0.2, 0.25) is 5.91 Å². The summed E-state index contributed by atoms with van der Waals surface area (Å²) in [5.74, 6) is -0.143. The average molecular weight is 364 g/mol. The largest absolute Gasteiger partial charge is 0.339 e. The van der Waals surface area contributed by atoms with Gasteiger partial charge in [-0.2, -0.15) is 5.10 Å². The summed E-state index contributed by atoms with van der Waals surface area (Å²) in [5.41, 5.74) is 4.83.